The lowest BCUT2D eigenvalue weighted by atomic mass is 10.2. The Labute approximate surface area is 152 Å². The van der Waals surface area contributed by atoms with E-state index >= 15 is 0 Å². The van der Waals surface area contributed by atoms with Crippen molar-refractivity contribution in [3.8, 4) is 11.5 Å². The molecule has 25 heavy (non-hydrogen) atoms. The number of carbonyl (C=O) groups excluding carboxylic acids is 1. The number of hydrogen-bond acceptors (Lipinski definition) is 5. The van der Waals surface area contributed by atoms with Gasteiger partial charge in [0, 0.05) is 14.1 Å². The molecular formula is C17H18ClNO5S. The van der Waals surface area contributed by atoms with E-state index in [1.807, 2.05) is 6.92 Å². The van der Waals surface area contributed by atoms with Gasteiger partial charge in [0.2, 0.25) is 10.0 Å². The quantitative estimate of drug-likeness (QED) is 0.586. The Balaban J connectivity index is 2.40. The Morgan fingerprint density at radius 1 is 1.08 bits per heavy atom. The molecule has 0 unspecified atom stereocenters. The summed E-state index contributed by atoms with van der Waals surface area (Å²) in [7, 11) is 0.567. The second-order valence-corrected chi connectivity index (χ2v) is 8.03. The van der Waals surface area contributed by atoms with Crippen LogP contribution in [0.25, 0.3) is 0 Å². The van der Waals surface area contributed by atoms with Gasteiger partial charge in [-0.2, -0.15) is 0 Å². The van der Waals surface area contributed by atoms with Gasteiger partial charge in [-0.3, -0.25) is 0 Å². The highest BCUT2D eigenvalue weighted by Crippen LogP contribution is 2.30. The van der Waals surface area contributed by atoms with Crippen LogP contribution in [0.2, 0.25) is 5.02 Å². The van der Waals surface area contributed by atoms with Crippen molar-refractivity contribution in [1.82, 2.24) is 4.31 Å². The van der Waals surface area contributed by atoms with Crippen LogP contribution in [0.5, 0.6) is 11.5 Å². The molecule has 0 fully saturated rings. The van der Waals surface area contributed by atoms with E-state index in [1.165, 1.54) is 39.4 Å². The summed E-state index contributed by atoms with van der Waals surface area (Å²) in [5.74, 6) is -0.167. The van der Waals surface area contributed by atoms with Gasteiger partial charge in [-0.05, 0) is 42.8 Å². The Hall–Kier alpha value is -2.09. The zero-order valence-electron chi connectivity index (χ0n) is 14.2. The van der Waals surface area contributed by atoms with Gasteiger partial charge in [0.15, 0.2) is 11.5 Å². The summed E-state index contributed by atoms with van der Waals surface area (Å²) in [6.07, 6.45) is 0. The maximum absolute atomic E-state index is 12.5. The first kappa shape index (κ1) is 19.2. The van der Waals surface area contributed by atoms with Gasteiger partial charge in [0.05, 0.1) is 22.6 Å². The van der Waals surface area contributed by atoms with Crippen molar-refractivity contribution in [3.05, 3.63) is 52.5 Å². The normalized spacial score (nSPS) is 11.4. The molecule has 0 radical (unpaired) electrons. The number of sulfonamides is 1. The number of carbonyl (C=O) groups is 1. The fourth-order valence-electron chi connectivity index (χ4n) is 2.05. The summed E-state index contributed by atoms with van der Waals surface area (Å²) >= 11 is 6.05. The topological polar surface area (TPSA) is 72.9 Å². The summed E-state index contributed by atoms with van der Waals surface area (Å²) in [6.45, 7) is 1.88. The van der Waals surface area contributed by atoms with Crippen LogP contribution < -0.4 is 9.47 Å². The number of rotatable bonds is 5. The molecule has 0 aliphatic rings. The van der Waals surface area contributed by atoms with Gasteiger partial charge in [0.25, 0.3) is 0 Å². The SMILES string of the molecule is COc1cc(C)ccc1OC(=O)c1cc(S(=O)(=O)N(C)C)ccc1Cl. The summed E-state index contributed by atoms with van der Waals surface area (Å²) in [4.78, 5) is 12.4. The van der Waals surface area contributed by atoms with Crippen molar-refractivity contribution in [3.63, 3.8) is 0 Å². The molecule has 0 spiro atoms. The van der Waals surface area contributed by atoms with Crippen molar-refractivity contribution in [2.24, 2.45) is 0 Å². The van der Waals surface area contributed by atoms with E-state index < -0.39 is 16.0 Å². The Morgan fingerprint density at radius 3 is 2.36 bits per heavy atom. The highest BCUT2D eigenvalue weighted by Gasteiger charge is 2.22. The van der Waals surface area contributed by atoms with E-state index in [2.05, 4.69) is 0 Å². The van der Waals surface area contributed by atoms with E-state index in [0.717, 1.165) is 9.87 Å². The lowest BCUT2D eigenvalue weighted by Gasteiger charge is -2.14. The number of benzene rings is 2. The fraction of sp³-hybridized carbons (Fsp3) is 0.235. The van der Waals surface area contributed by atoms with Gasteiger partial charge >= 0.3 is 5.97 Å². The molecule has 0 aliphatic heterocycles. The highest BCUT2D eigenvalue weighted by molar-refractivity contribution is 7.89. The molecule has 0 aromatic heterocycles. The average molecular weight is 384 g/mol. The molecule has 2 aromatic carbocycles. The predicted octanol–water partition coefficient (Wildman–Crippen LogP) is 3.13. The standard InChI is InChI=1S/C17H18ClNO5S/c1-11-5-8-15(16(9-11)23-4)24-17(20)13-10-12(6-7-14(13)18)25(21,22)19(2)3/h5-10H,1-4H3. The predicted molar refractivity (Wildman–Crippen MR) is 95.0 cm³/mol. The monoisotopic (exact) mass is 383 g/mol. The van der Waals surface area contributed by atoms with Crippen LogP contribution >= 0.6 is 11.6 Å². The minimum atomic E-state index is -3.70. The number of hydrogen-bond donors (Lipinski definition) is 0. The largest absolute Gasteiger partial charge is 0.493 e. The van der Waals surface area contributed by atoms with Gasteiger partial charge in [0.1, 0.15) is 0 Å². The number of nitrogens with zero attached hydrogens (tertiary/aromatic N) is 1. The summed E-state index contributed by atoms with van der Waals surface area (Å²) in [5.41, 5.74) is 0.890. The smallest absolute Gasteiger partial charge is 0.345 e. The minimum Gasteiger partial charge on any atom is -0.493 e. The third-order valence-electron chi connectivity index (χ3n) is 3.46. The Bertz CT molecular complexity index is 909. The highest BCUT2D eigenvalue weighted by atomic mass is 35.5. The molecule has 0 atom stereocenters. The Kier molecular flexibility index (Phi) is 5.72. The molecule has 2 rings (SSSR count). The molecule has 2 aromatic rings. The molecule has 0 saturated heterocycles. The molecule has 0 bridgehead atoms. The van der Waals surface area contributed by atoms with Crippen LogP contribution in [0, 0.1) is 6.92 Å². The molecule has 8 heteroatoms. The van der Waals surface area contributed by atoms with Gasteiger partial charge in [-0.1, -0.05) is 17.7 Å². The lowest BCUT2D eigenvalue weighted by Crippen LogP contribution is -2.22. The van der Waals surface area contributed by atoms with Crippen LogP contribution in [0.3, 0.4) is 0 Å². The van der Waals surface area contributed by atoms with Gasteiger partial charge < -0.3 is 9.47 Å². The molecule has 0 N–H and O–H groups in total. The van der Waals surface area contributed by atoms with E-state index in [-0.39, 0.29) is 21.2 Å². The van der Waals surface area contributed by atoms with Crippen LogP contribution in [-0.4, -0.2) is 39.9 Å². The van der Waals surface area contributed by atoms with E-state index in [9.17, 15) is 13.2 Å². The number of methoxy groups -OCH3 is 1. The molecular weight excluding hydrogens is 366 g/mol. The molecule has 6 nitrogen and oxygen atoms in total. The minimum absolute atomic E-state index is 0.0489. The van der Waals surface area contributed by atoms with Gasteiger partial charge in [-0.25, -0.2) is 17.5 Å². The summed E-state index contributed by atoms with van der Waals surface area (Å²) < 4.78 is 36.0. The van der Waals surface area contributed by atoms with Gasteiger partial charge in [-0.15, -0.1) is 0 Å². The second-order valence-electron chi connectivity index (χ2n) is 5.47. The Morgan fingerprint density at radius 2 is 1.76 bits per heavy atom. The second kappa shape index (κ2) is 7.43. The third-order valence-corrected chi connectivity index (χ3v) is 5.60. The van der Waals surface area contributed by atoms with E-state index in [0.29, 0.717) is 5.75 Å². The summed E-state index contributed by atoms with van der Waals surface area (Å²) in [6, 6.07) is 8.96. The fourth-order valence-corrected chi connectivity index (χ4v) is 3.17. The zero-order valence-corrected chi connectivity index (χ0v) is 15.8. The molecule has 0 saturated carbocycles. The molecule has 134 valence electrons. The summed E-state index contributed by atoms with van der Waals surface area (Å²) in [5, 5.41) is 0.0915. The van der Waals surface area contributed by atoms with E-state index in [4.69, 9.17) is 21.1 Å². The van der Waals surface area contributed by atoms with Crippen LogP contribution in [0.4, 0.5) is 0 Å². The van der Waals surface area contributed by atoms with Crippen molar-refractivity contribution >= 4 is 27.6 Å². The van der Waals surface area contributed by atoms with Crippen molar-refractivity contribution < 1.29 is 22.7 Å². The molecule has 0 aliphatic carbocycles. The maximum atomic E-state index is 12.5. The number of ether oxygens (including phenoxy) is 2. The van der Waals surface area contributed by atoms with Crippen molar-refractivity contribution in [1.29, 1.82) is 0 Å². The number of esters is 1. The number of halogens is 1. The first-order valence-electron chi connectivity index (χ1n) is 7.25. The first-order valence-corrected chi connectivity index (χ1v) is 9.07. The van der Waals surface area contributed by atoms with Crippen LogP contribution in [0.15, 0.2) is 41.3 Å². The average Bonchev–Trinajstić information content (AvgIpc) is 2.56. The van der Waals surface area contributed by atoms with E-state index in [1.54, 1.807) is 18.2 Å². The molecule has 0 amide bonds. The molecule has 0 heterocycles. The van der Waals surface area contributed by atoms with Crippen LogP contribution in [0.1, 0.15) is 15.9 Å². The van der Waals surface area contributed by atoms with Crippen molar-refractivity contribution in [2.75, 3.05) is 21.2 Å². The maximum Gasteiger partial charge on any atom is 0.345 e. The number of aryl methyl sites for hydroxylation is 1. The first-order chi connectivity index (χ1) is 11.7. The zero-order chi connectivity index (χ0) is 18.8. The lowest BCUT2D eigenvalue weighted by molar-refractivity contribution is 0.0729. The third kappa shape index (κ3) is 4.12. The van der Waals surface area contributed by atoms with Crippen LogP contribution in [-0.2, 0) is 10.0 Å². The van der Waals surface area contributed by atoms with Crippen molar-refractivity contribution in [2.45, 2.75) is 11.8 Å².